The predicted molar refractivity (Wildman–Crippen MR) is 75.6 cm³/mol. The van der Waals surface area contributed by atoms with E-state index in [2.05, 4.69) is 4.98 Å². The van der Waals surface area contributed by atoms with Gasteiger partial charge in [-0.05, 0) is 35.9 Å². The fourth-order valence-electron chi connectivity index (χ4n) is 2.57. The molecule has 1 aliphatic rings. The van der Waals surface area contributed by atoms with Gasteiger partial charge in [-0.3, -0.25) is 4.57 Å². The third kappa shape index (κ3) is 1.93. The zero-order valence-corrected chi connectivity index (χ0v) is 11.5. The van der Waals surface area contributed by atoms with E-state index in [0.29, 0.717) is 11.3 Å². The average Bonchev–Trinajstić information content (AvgIpc) is 2.84. The second-order valence-electron chi connectivity index (χ2n) is 4.85. The maximum absolute atomic E-state index is 12.8. The minimum Gasteiger partial charge on any atom is -0.287 e. The second-order valence-corrected chi connectivity index (χ2v) is 5.79. The Bertz CT molecular complexity index is 852. The summed E-state index contributed by atoms with van der Waals surface area (Å²) in [6, 6.07) is 11.5. The summed E-state index contributed by atoms with van der Waals surface area (Å²) >= 11 is 1.46. The molecule has 0 amide bonds. The van der Waals surface area contributed by atoms with Crippen LogP contribution in [0.1, 0.15) is 11.1 Å². The highest BCUT2D eigenvalue weighted by molar-refractivity contribution is 7.98. The zero-order chi connectivity index (χ0) is 14.6. The number of hydrogen-bond donors (Lipinski definition) is 0. The van der Waals surface area contributed by atoms with Crippen molar-refractivity contribution >= 4 is 22.8 Å². The molecule has 1 aliphatic heterocycles. The number of imidazole rings is 1. The van der Waals surface area contributed by atoms with Crippen molar-refractivity contribution in [2.45, 2.75) is 17.1 Å². The molecule has 0 N–H and O–H groups in total. The van der Waals surface area contributed by atoms with Gasteiger partial charge in [-0.2, -0.15) is 13.2 Å². The van der Waals surface area contributed by atoms with Gasteiger partial charge in [0.1, 0.15) is 0 Å². The Morgan fingerprint density at radius 2 is 1.90 bits per heavy atom. The molecule has 0 bridgehead atoms. The smallest absolute Gasteiger partial charge is 0.287 e. The molecular formula is C15H9F3N2S. The lowest BCUT2D eigenvalue weighted by Crippen LogP contribution is -2.10. The summed E-state index contributed by atoms with van der Waals surface area (Å²) in [5, 5.41) is 0.823. The third-order valence-electron chi connectivity index (χ3n) is 3.53. The molecule has 4 rings (SSSR count). The molecule has 2 heterocycles. The van der Waals surface area contributed by atoms with Crippen molar-refractivity contribution in [3.63, 3.8) is 0 Å². The molecule has 6 heteroatoms. The van der Waals surface area contributed by atoms with Gasteiger partial charge in [-0.25, -0.2) is 4.98 Å². The Morgan fingerprint density at radius 1 is 1.10 bits per heavy atom. The van der Waals surface area contributed by atoms with Crippen molar-refractivity contribution in [2.75, 3.05) is 0 Å². The number of fused-ring (bicyclic) bond motifs is 5. The van der Waals surface area contributed by atoms with Crippen LogP contribution in [-0.4, -0.2) is 9.55 Å². The second kappa shape index (κ2) is 4.27. The van der Waals surface area contributed by atoms with Crippen molar-refractivity contribution in [1.82, 2.24) is 9.55 Å². The standard InChI is InChI=1S/C15H9F3N2S/c16-15(17,18)10-5-6-12-9(7-10)8-21-14-19-11-3-1-2-4-13(11)20(12)14/h1-7H,8H2. The maximum atomic E-state index is 12.8. The predicted octanol–water partition coefficient (Wildman–Crippen LogP) is 4.65. The highest BCUT2D eigenvalue weighted by Crippen LogP contribution is 2.39. The monoisotopic (exact) mass is 306 g/mol. The van der Waals surface area contributed by atoms with E-state index in [-0.39, 0.29) is 0 Å². The SMILES string of the molecule is FC(F)(F)c1ccc2c(c1)CSc1nc3ccccc3n1-2. The maximum Gasteiger partial charge on any atom is 0.416 e. The number of benzene rings is 2. The summed E-state index contributed by atoms with van der Waals surface area (Å²) in [5.74, 6) is 0.503. The Balaban J connectivity index is 1.96. The van der Waals surface area contributed by atoms with Gasteiger partial charge in [0.15, 0.2) is 5.16 Å². The lowest BCUT2D eigenvalue weighted by Gasteiger charge is -2.20. The van der Waals surface area contributed by atoms with Gasteiger partial charge in [0, 0.05) is 5.75 Å². The molecule has 0 saturated carbocycles. The Labute approximate surface area is 122 Å². The number of halogens is 3. The summed E-state index contributed by atoms with van der Waals surface area (Å²) in [5.41, 5.74) is 2.64. The number of alkyl halides is 3. The molecule has 3 aromatic rings. The van der Waals surface area contributed by atoms with Crippen LogP contribution in [0.4, 0.5) is 13.2 Å². The van der Waals surface area contributed by atoms with E-state index in [1.54, 1.807) is 0 Å². The van der Waals surface area contributed by atoms with Gasteiger partial charge in [-0.1, -0.05) is 23.9 Å². The van der Waals surface area contributed by atoms with Crippen LogP contribution in [0.25, 0.3) is 16.7 Å². The number of para-hydroxylation sites is 2. The molecule has 0 saturated heterocycles. The van der Waals surface area contributed by atoms with Gasteiger partial charge in [0.2, 0.25) is 0 Å². The summed E-state index contributed by atoms with van der Waals surface area (Å²) in [6.45, 7) is 0. The fourth-order valence-corrected chi connectivity index (χ4v) is 3.58. The van der Waals surface area contributed by atoms with Crippen molar-refractivity contribution in [3.8, 4) is 5.69 Å². The lowest BCUT2D eigenvalue weighted by molar-refractivity contribution is -0.137. The van der Waals surface area contributed by atoms with E-state index >= 15 is 0 Å². The van der Waals surface area contributed by atoms with Crippen LogP contribution in [0, 0.1) is 0 Å². The minimum absolute atomic E-state index is 0.503. The Morgan fingerprint density at radius 3 is 2.71 bits per heavy atom. The van der Waals surface area contributed by atoms with Crippen LogP contribution in [0.2, 0.25) is 0 Å². The van der Waals surface area contributed by atoms with Crippen LogP contribution < -0.4 is 0 Å². The highest BCUT2D eigenvalue weighted by atomic mass is 32.2. The first-order valence-electron chi connectivity index (χ1n) is 6.35. The van der Waals surface area contributed by atoms with Crippen LogP contribution in [0.3, 0.4) is 0 Å². The highest BCUT2D eigenvalue weighted by Gasteiger charge is 2.32. The average molecular weight is 306 g/mol. The molecule has 106 valence electrons. The molecule has 0 fully saturated rings. The van der Waals surface area contributed by atoms with Gasteiger partial charge in [0.25, 0.3) is 0 Å². The van der Waals surface area contributed by atoms with Gasteiger partial charge in [-0.15, -0.1) is 0 Å². The van der Waals surface area contributed by atoms with Gasteiger partial charge in [0.05, 0.1) is 22.3 Å². The first-order valence-corrected chi connectivity index (χ1v) is 7.33. The van der Waals surface area contributed by atoms with Crippen molar-refractivity contribution < 1.29 is 13.2 Å². The fraction of sp³-hybridized carbons (Fsp3) is 0.133. The molecule has 0 spiro atoms. The van der Waals surface area contributed by atoms with E-state index in [9.17, 15) is 13.2 Å². The molecule has 2 aromatic carbocycles. The van der Waals surface area contributed by atoms with Gasteiger partial charge < -0.3 is 0 Å². The van der Waals surface area contributed by atoms with E-state index in [4.69, 9.17) is 0 Å². The lowest BCUT2D eigenvalue weighted by atomic mass is 10.1. The van der Waals surface area contributed by atoms with E-state index < -0.39 is 11.7 Å². The zero-order valence-electron chi connectivity index (χ0n) is 10.7. The normalized spacial score (nSPS) is 14.0. The van der Waals surface area contributed by atoms with Crippen LogP contribution in [0.15, 0.2) is 47.6 Å². The largest absolute Gasteiger partial charge is 0.416 e. The van der Waals surface area contributed by atoms with Crippen molar-refractivity contribution in [2.24, 2.45) is 0 Å². The molecule has 1 aromatic heterocycles. The molecule has 0 unspecified atom stereocenters. The summed E-state index contributed by atoms with van der Waals surface area (Å²) < 4.78 is 40.4. The number of aromatic nitrogens is 2. The van der Waals surface area contributed by atoms with Crippen molar-refractivity contribution in [1.29, 1.82) is 0 Å². The van der Waals surface area contributed by atoms with Crippen LogP contribution in [0.5, 0.6) is 0 Å². The number of nitrogens with zero attached hydrogens (tertiary/aromatic N) is 2. The topological polar surface area (TPSA) is 17.8 Å². The van der Waals surface area contributed by atoms with E-state index in [1.165, 1.54) is 23.9 Å². The summed E-state index contributed by atoms with van der Waals surface area (Å²) in [6.07, 6.45) is -4.31. The van der Waals surface area contributed by atoms with E-state index in [1.807, 2.05) is 28.8 Å². The number of rotatable bonds is 0. The first kappa shape index (κ1) is 12.8. The number of thioether (sulfide) groups is 1. The van der Waals surface area contributed by atoms with E-state index in [0.717, 1.165) is 27.9 Å². The Hall–Kier alpha value is -1.95. The van der Waals surface area contributed by atoms with Crippen LogP contribution in [-0.2, 0) is 11.9 Å². The molecule has 0 aliphatic carbocycles. The van der Waals surface area contributed by atoms with Crippen molar-refractivity contribution in [3.05, 3.63) is 53.6 Å². The molecule has 2 nitrogen and oxygen atoms in total. The number of hydrogen-bond acceptors (Lipinski definition) is 2. The summed E-state index contributed by atoms with van der Waals surface area (Å²) in [7, 11) is 0. The third-order valence-corrected chi connectivity index (χ3v) is 4.52. The molecule has 0 radical (unpaired) electrons. The Kier molecular flexibility index (Phi) is 2.60. The quantitative estimate of drug-likeness (QED) is 0.601. The minimum atomic E-state index is -4.31. The summed E-state index contributed by atoms with van der Waals surface area (Å²) in [4.78, 5) is 4.53. The first-order chi connectivity index (χ1) is 10.0. The van der Waals surface area contributed by atoms with Crippen LogP contribution >= 0.6 is 11.8 Å². The van der Waals surface area contributed by atoms with Gasteiger partial charge >= 0.3 is 6.18 Å². The molecule has 0 atom stereocenters. The molecular weight excluding hydrogens is 297 g/mol. The molecule has 21 heavy (non-hydrogen) atoms.